The van der Waals surface area contributed by atoms with Gasteiger partial charge in [0, 0.05) is 30.5 Å². The molecule has 2 bridgehead atoms. The van der Waals surface area contributed by atoms with E-state index in [1.807, 2.05) is 36.5 Å². The highest BCUT2D eigenvalue weighted by Crippen LogP contribution is 2.29. The van der Waals surface area contributed by atoms with Crippen LogP contribution in [0.1, 0.15) is 25.7 Å². The van der Waals surface area contributed by atoms with E-state index in [1.54, 1.807) is 18.0 Å². The topological polar surface area (TPSA) is 89.8 Å². The standard InChI is InChI=1S/C20H23N7O/c1-28-20-18(27-10-2-9-21-27)7-5-16(24-20)17-6-8-19(26-25-17)23-15-11-13-3-4-14(12-15)22-13/h2,5-10,13-15,22H,3-4,11-12H2,1H3,(H,23,26)/t13-,14+,15?. The number of piperidine rings is 1. The summed E-state index contributed by atoms with van der Waals surface area (Å²) in [6, 6.07) is 11.4. The first kappa shape index (κ1) is 17.1. The smallest absolute Gasteiger partial charge is 0.240 e. The SMILES string of the molecule is COc1nc(-c2ccc(NC3C[C@H]4CC[C@@H](C3)N4)nn2)ccc1-n1cccn1. The summed E-state index contributed by atoms with van der Waals surface area (Å²) in [7, 11) is 1.60. The Hall–Kier alpha value is -3.00. The van der Waals surface area contributed by atoms with Crippen LogP contribution >= 0.6 is 0 Å². The van der Waals surface area contributed by atoms with Gasteiger partial charge in [0.25, 0.3) is 0 Å². The summed E-state index contributed by atoms with van der Waals surface area (Å²) in [5.41, 5.74) is 2.20. The molecule has 3 atom stereocenters. The monoisotopic (exact) mass is 377 g/mol. The number of hydrogen-bond donors (Lipinski definition) is 2. The molecule has 2 aliphatic heterocycles. The highest BCUT2D eigenvalue weighted by molar-refractivity contribution is 5.59. The van der Waals surface area contributed by atoms with Crippen LogP contribution in [0.25, 0.3) is 17.1 Å². The van der Waals surface area contributed by atoms with Gasteiger partial charge < -0.3 is 15.4 Å². The summed E-state index contributed by atoms with van der Waals surface area (Å²) in [6.07, 6.45) is 8.44. The Morgan fingerprint density at radius 1 is 1.07 bits per heavy atom. The lowest BCUT2D eigenvalue weighted by molar-refractivity contribution is 0.377. The molecule has 5 rings (SSSR count). The quantitative estimate of drug-likeness (QED) is 0.706. The lowest BCUT2D eigenvalue weighted by Gasteiger charge is -2.29. The first-order valence-electron chi connectivity index (χ1n) is 9.70. The van der Waals surface area contributed by atoms with Gasteiger partial charge in [-0.3, -0.25) is 0 Å². The zero-order valence-corrected chi connectivity index (χ0v) is 15.7. The number of hydrogen-bond acceptors (Lipinski definition) is 7. The van der Waals surface area contributed by atoms with E-state index in [9.17, 15) is 0 Å². The average molecular weight is 377 g/mol. The molecule has 0 amide bonds. The molecule has 3 aromatic heterocycles. The first-order valence-corrected chi connectivity index (χ1v) is 9.70. The molecule has 0 saturated carbocycles. The van der Waals surface area contributed by atoms with E-state index in [-0.39, 0.29) is 0 Å². The number of aromatic nitrogens is 5. The molecule has 2 aliphatic rings. The predicted octanol–water partition coefficient (Wildman–Crippen LogP) is 2.43. The number of anilines is 1. The molecule has 0 radical (unpaired) electrons. The number of pyridine rings is 1. The van der Waals surface area contributed by atoms with E-state index in [0.717, 1.165) is 24.3 Å². The van der Waals surface area contributed by atoms with Crippen LogP contribution in [0.2, 0.25) is 0 Å². The van der Waals surface area contributed by atoms with Gasteiger partial charge in [0.15, 0.2) is 0 Å². The van der Waals surface area contributed by atoms with E-state index >= 15 is 0 Å². The minimum Gasteiger partial charge on any atom is -0.479 e. The minimum atomic E-state index is 0.463. The highest BCUT2D eigenvalue weighted by Gasteiger charge is 2.33. The third-order valence-corrected chi connectivity index (χ3v) is 5.54. The fraction of sp³-hybridized carbons (Fsp3) is 0.400. The van der Waals surface area contributed by atoms with E-state index in [1.165, 1.54) is 12.8 Å². The van der Waals surface area contributed by atoms with Crippen molar-refractivity contribution in [3.05, 3.63) is 42.7 Å². The highest BCUT2D eigenvalue weighted by atomic mass is 16.5. The molecule has 0 spiro atoms. The van der Waals surface area contributed by atoms with Crippen LogP contribution in [-0.2, 0) is 0 Å². The maximum atomic E-state index is 5.44. The van der Waals surface area contributed by atoms with E-state index in [4.69, 9.17) is 4.74 Å². The third-order valence-electron chi connectivity index (χ3n) is 5.54. The zero-order valence-electron chi connectivity index (χ0n) is 15.7. The van der Waals surface area contributed by atoms with Gasteiger partial charge in [-0.05, 0) is 56.0 Å². The number of nitrogens with zero attached hydrogens (tertiary/aromatic N) is 5. The molecule has 5 heterocycles. The van der Waals surface area contributed by atoms with E-state index in [2.05, 4.69) is 30.9 Å². The second-order valence-corrected chi connectivity index (χ2v) is 7.43. The largest absolute Gasteiger partial charge is 0.479 e. The van der Waals surface area contributed by atoms with Gasteiger partial charge in [0.2, 0.25) is 5.88 Å². The van der Waals surface area contributed by atoms with Gasteiger partial charge in [0.1, 0.15) is 17.2 Å². The van der Waals surface area contributed by atoms with Gasteiger partial charge in [-0.15, -0.1) is 10.2 Å². The molecule has 3 aromatic rings. The number of ether oxygens (including phenoxy) is 1. The van der Waals surface area contributed by atoms with Crippen molar-refractivity contribution in [1.82, 2.24) is 30.3 Å². The summed E-state index contributed by atoms with van der Waals surface area (Å²) in [5.74, 6) is 1.31. The predicted molar refractivity (Wildman–Crippen MR) is 106 cm³/mol. The molecular formula is C20H23N7O. The fourth-order valence-corrected chi connectivity index (χ4v) is 4.24. The zero-order chi connectivity index (χ0) is 18.9. The average Bonchev–Trinajstić information content (AvgIpc) is 3.38. The van der Waals surface area contributed by atoms with Crippen LogP contribution < -0.4 is 15.4 Å². The van der Waals surface area contributed by atoms with Crippen LogP contribution in [0.15, 0.2) is 42.7 Å². The van der Waals surface area contributed by atoms with E-state index < -0.39 is 0 Å². The number of fused-ring (bicyclic) bond motifs is 2. The molecule has 28 heavy (non-hydrogen) atoms. The lowest BCUT2D eigenvalue weighted by Crippen LogP contribution is -2.43. The van der Waals surface area contributed by atoms with Crippen LogP contribution in [-0.4, -0.2) is 50.2 Å². The van der Waals surface area contributed by atoms with Crippen molar-refractivity contribution >= 4 is 5.82 Å². The maximum Gasteiger partial charge on any atom is 0.240 e. The second-order valence-electron chi connectivity index (χ2n) is 7.43. The molecule has 2 fully saturated rings. The van der Waals surface area contributed by atoms with Gasteiger partial charge in [-0.25, -0.2) is 9.67 Å². The van der Waals surface area contributed by atoms with Crippen molar-refractivity contribution in [2.75, 3.05) is 12.4 Å². The minimum absolute atomic E-state index is 0.463. The molecule has 2 saturated heterocycles. The Balaban J connectivity index is 1.33. The Labute approximate surface area is 163 Å². The van der Waals surface area contributed by atoms with Crippen molar-refractivity contribution in [3.8, 4) is 23.0 Å². The van der Waals surface area contributed by atoms with Gasteiger partial charge in [0.05, 0.1) is 12.8 Å². The second kappa shape index (κ2) is 7.20. The lowest BCUT2D eigenvalue weighted by atomic mass is 10.00. The molecule has 0 aromatic carbocycles. The molecule has 8 nitrogen and oxygen atoms in total. The molecule has 2 N–H and O–H groups in total. The van der Waals surface area contributed by atoms with Crippen molar-refractivity contribution in [3.63, 3.8) is 0 Å². The summed E-state index contributed by atoms with van der Waals surface area (Å²) >= 11 is 0. The Bertz CT molecular complexity index is 930. The van der Waals surface area contributed by atoms with Crippen LogP contribution in [0.3, 0.4) is 0 Å². The molecule has 1 unspecified atom stereocenters. The van der Waals surface area contributed by atoms with Crippen LogP contribution in [0.5, 0.6) is 5.88 Å². The van der Waals surface area contributed by atoms with Gasteiger partial charge >= 0.3 is 0 Å². The molecular weight excluding hydrogens is 354 g/mol. The third kappa shape index (κ3) is 3.31. The summed E-state index contributed by atoms with van der Waals surface area (Å²) in [5, 5.41) is 20.2. The number of methoxy groups -OCH3 is 1. The normalized spacial score (nSPS) is 23.5. The molecule has 0 aliphatic carbocycles. The summed E-state index contributed by atoms with van der Waals surface area (Å²) in [6.45, 7) is 0. The summed E-state index contributed by atoms with van der Waals surface area (Å²) in [4.78, 5) is 4.58. The van der Waals surface area contributed by atoms with Crippen molar-refractivity contribution < 1.29 is 4.74 Å². The molecule has 8 heteroatoms. The molecule has 144 valence electrons. The van der Waals surface area contributed by atoms with Crippen LogP contribution in [0, 0.1) is 0 Å². The Morgan fingerprint density at radius 3 is 2.57 bits per heavy atom. The number of rotatable bonds is 5. The maximum absolute atomic E-state index is 5.44. The van der Waals surface area contributed by atoms with Crippen molar-refractivity contribution in [2.45, 2.75) is 43.8 Å². The first-order chi connectivity index (χ1) is 13.8. The Kier molecular flexibility index (Phi) is 4.40. The number of nitrogens with one attached hydrogen (secondary N) is 2. The van der Waals surface area contributed by atoms with Crippen molar-refractivity contribution in [1.29, 1.82) is 0 Å². The summed E-state index contributed by atoms with van der Waals surface area (Å²) < 4.78 is 7.17. The van der Waals surface area contributed by atoms with Gasteiger partial charge in [-0.2, -0.15) is 5.10 Å². The Morgan fingerprint density at radius 2 is 1.89 bits per heavy atom. The fourth-order valence-electron chi connectivity index (χ4n) is 4.24. The van der Waals surface area contributed by atoms with Crippen molar-refractivity contribution in [2.24, 2.45) is 0 Å². The van der Waals surface area contributed by atoms with Crippen LogP contribution in [0.4, 0.5) is 5.82 Å². The van der Waals surface area contributed by atoms with Gasteiger partial charge in [-0.1, -0.05) is 0 Å². The van der Waals surface area contributed by atoms with E-state index in [0.29, 0.717) is 35.4 Å².